The Labute approximate surface area is 181 Å². The molecule has 0 spiro atoms. The zero-order valence-electron chi connectivity index (χ0n) is 17.9. The highest BCUT2D eigenvalue weighted by molar-refractivity contribution is 6.01. The fourth-order valence-corrected chi connectivity index (χ4v) is 4.48. The number of nitrogens with zero attached hydrogens (tertiary/aromatic N) is 4. The third-order valence-corrected chi connectivity index (χ3v) is 6.34. The van der Waals surface area contributed by atoms with Gasteiger partial charge >= 0.3 is 0 Å². The Morgan fingerprint density at radius 1 is 1.13 bits per heavy atom. The molecule has 31 heavy (non-hydrogen) atoms. The lowest BCUT2D eigenvalue weighted by Gasteiger charge is -2.34. The molecule has 1 aromatic heterocycles. The summed E-state index contributed by atoms with van der Waals surface area (Å²) >= 11 is 0. The van der Waals surface area contributed by atoms with E-state index in [0.717, 1.165) is 37.1 Å². The third-order valence-electron chi connectivity index (χ3n) is 6.34. The minimum Gasteiger partial charge on any atom is -0.507 e. The summed E-state index contributed by atoms with van der Waals surface area (Å²) in [6.07, 6.45) is 0. The van der Waals surface area contributed by atoms with Gasteiger partial charge < -0.3 is 24.5 Å². The van der Waals surface area contributed by atoms with E-state index in [2.05, 4.69) is 45.2 Å². The molecular weight excluding hydrogens is 394 g/mol. The Hall–Kier alpha value is -3.10. The number of anilines is 1. The van der Waals surface area contributed by atoms with Crippen molar-refractivity contribution < 1.29 is 14.6 Å². The Morgan fingerprint density at radius 2 is 1.90 bits per heavy atom. The second kappa shape index (κ2) is 7.86. The molecule has 1 amide bonds. The Balaban J connectivity index is 1.37. The molecule has 0 unspecified atom stereocenters. The molecule has 0 radical (unpaired) electrons. The van der Waals surface area contributed by atoms with Crippen LogP contribution in [0.3, 0.4) is 0 Å². The van der Waals surface area contributed by atoms with Gasteiger partial charge in [-0.05, 0) is 36.4 Å². The lowest BCUT2D eigenvalue weighted by Crippen LogP contribution is -2.44. The summed E-state index contributed by atoms with van der Waals surface area (Å²) in [6, 6.07) is 9.77. The van der Waals surface area contributed by atoms with Crippen LogP contribution in [0.15, 0.2) is 30.3 Å². The minimum absolute atomic E-state index is 0.0424. The van der Waals surface area contributed by atoms with Gasteiger partial charge in [-0.1, -0.05) is 6.07 Å². The maximum atomic E-state index is 13.3. The molecule has 5 rings (SSSR count). The average molecular weight is 422 g/mol. The first-order valence-corrected chi connectivity index (χ1v) is 10.6. The van der Waals surface area contributed by atoms with E-state index in [0.29, 0.717) is 36.5 Å². The van der Waals surface area contributed by atoms with Crippen molar-refractivity contribution >= 4 is 22.5 Å². The summed E-state index contributed by atoms with van der Waals surface area (Å²) < 4.78 is 5.19. The van der Waals surface area contributed by atoms with Gasteiger partial charge in [0.25, 0.3) is 5.91 Å². The van der Waals surface area contributed by atoms with Gasteiger partial charge in [-0.25, -0.2) is 0 Å². The van der Waals surface area contributed by atoms with E-state index < -0.39 is 0 Å². The zero-order chi connectivity index (χ0) is 21.5. The van der Waals surface area contributed by atoms with Gasteiger partial charge in [-0.3, -0.25) is 9.89 Å². The van der Waals surface area contributed by atoms with Gasteiger partial charge in [0, 0.05) is 63.5 Å². The van der Waals surface area contributed by atoms with Crippen molar-refractivity contribution in [2.75, 3.05) is 45.2 Å². The number of methoxy groups -OCH3 is 1. The average Bonchev–Trinajstić information content (AvgIpc) is 3.37. The number of benzene rings is 2. The van der Waals surface area contributed by atoms with Crippen molar-refractivity contribution in [3.63, 3.8) is 0 Å². The molecule has 1 saturated heterocycles. The van der Waals surface area contributed by atoms with Crippen molar-refractivity contribution in [2.24, 2.45) is 0 Å². The second-order valence-electron chi connectivity index (χ2n) is 8.42. The van der Waals surface area contributed by atoms with Crippen molar-refractivity contribution in [3.05, 3.63) is 52.7 Å². The zero-order valence-corrected chi connectivity index (χ0v) is 17.9. The monoisotopic (exact) mass is 421 g/mol. The van der Waals surface area contributed by atoms with Crippen LogP contribution in [0.25, 0.3) is 10.9 Å². The molecule has 0 atom stereocenters. The Morgan fingerprint density at radius 3 is 2.68 bits per heavy atom. The van der Waals surface area contributed by atoms with Gasteiger partial charge in [0.1, 0.15) is 5.75 Å². The van der Waals surface area contributed by atoms with Crippen molar-refractivity contribution in [1.29, 1.82) is 0 Å². The first-order chi connectivity index (χ1) is 15.0. The summed E-state index contributed by atoms with van der Waals surface area (Å²) in [6.45, 7) is 5.57. The third kappa shape index (κ3) is 3.62. The number of likely N-dealkylation sites (N-methyl/N-ethyl adjacent to an activating group) is 1. The number of hydrogen-bond donors (Lipinski definition) is 2. The van der Waals surface area contributed by atoms with Crippen molar-refractivity contribution in [3.8, 4) is 5.75 Å². The van der Waals surface area contributed by atoms with E-state index in [1.807, 2.05) is 0 Å². The number of aromatic amines is 1. The van der Waals surface area contributed by atoms with Crippen LogP contribution in [-0.2, 0) is 24.4 Å². The summed E-state index contributed by atoms with van der Waals surface area (Å²) in [7, 11) is 3.75. The van der Waals surface area contributed by atoms with Crippen LogP contribution >= 0.6 is 0 Å². The molecule has 1 fully saturated rings. The van der Waals surface area contributed by atoms with E-state index in [1.54, 1.807) is 24.1 Å². The number of H-pyrrole nitrogens is 1. The molecule has 8 heteroatoms. The molecule has 162 valence electrons. The minimum atomic E-state index is -0.179. The molecule has 3 heterocycles. The van der Waals surface area contributed by atoms with E-state index in [-0.39, 0.29) is 11.7 Å². The molecule has 8 nitrogen and oxygen atoms in total. The number of phenolic OH excluding ortho intramolecular Hbond substituents is 1. The number of aromatic hydroxyl groups is 1. The number of fused-ring (bicyclic) bond motifs is 2. The molecule has 0 aliphatic carbocycles. The number of hydrogen-bond acceptors (Lipinski definition) is 6. The highest BCUT2D eigenvalue weighted by Gasteiger charge is 2.28. The van der Waals surface area contributed by atoms with Crippen LogP contribution < -0.4 is 4.90 Å². The number of rotatable bonds is 4. The summed E-state index contributed by atoms with van der Waals surface area (Å²) in [5.74, 6) is -0.222. The number of piperazine rings is 1. The fraction of sp³-hybridized carbons (Fsp3) is 0.391. The number of amides is 1. The van der Waals surface area contributed by atoms with E-state index >= 15 is 0 Å². The van der Waals surface area contributed by atoms with Gasteiger partial charge in [-0.2, -0.15) is 5.10 Å². The predicted octanol–water partition coefficient (Wildman–Crippen LogP) is 2.32. The number of aromatic nitrogens is 2. The number of nitrogens with one attached hydrogen (secondary N) is 1. The SMILES string of the molecule is COCc1n[nH]c2cc(O)c(C(=O)N3Cc4ccc(N5CCN(C)CC5)cc4C3)cc12. The van der Waals surface area contributed by atoms with Crippen LogP contribution in [0.4, 0.5) is 5.69 Å². The van der Waals surface area contributed by atoms with Gasteiger partial charge in [-0.15, -0.1) is 0 Å². The highest BCUT2D eigenvalue weighted by atomic mass is 16.5. The van der Waals surface area contributed by atoms with Crippen LogP contribution in [0, 0.1) is 0 Å². The lowest BCUT2D eigenvalue weighted by atomic mass is 10.1. The molecule has 2 aliphatic rings. The summed E-state index contributed by atoms with van der Waals surface area (Å²) in [5.41, 5.74) is 5.24. The van der Waals surface area contributed by atoms with E-state index in [9.17, 15) is 9.90 Å². The topological polar surface area (TPSA) is 84.9 Å². The van der Waals surface area contributed by atoms with Crippen molar-refractivity contribution in [2.45, 2.75) is 19.7 Å². The van der Waals surface area contributed by atoms with Crippen LogP contribution in [0.1, 0.15) is 27.2 Å². The lowest BCUT2D eigenvalue weighted by molar-refractivity contribution is 0.0748. The maximum absolute atomic E-state index is 13.3. The summed E-state index contributed by atoms with van der Waals surface area (Å²) in [4.78, 5) is 19.8. The fourth-order valence-electron chi connectivity index (χ4n) is 4.48. The summed E-state index contributed by atoms with van der Waals surface area (Å²) in [5, 5.41) is 18.4. The number of carbonyl (C=O) groups is 1. The molecule has 0 bridgehead atoms. The van der Waals surface area contributed by atoms with Crippen LogP contribution in [0.5, 0.6) is 5.75 Å². The smallest absolute Gasteiger partial charge is 0.258 e. The van der Waals surface area contributed by atoms with E-state index in [4.69, 9.17) is 4.74 Å². The largest absolute Gasteiger partial charge is 0.507 e. The first-order valence-electron chi connectivity index (χ1n) is 10.6. The molecule has 2 aliphatic heterocycles. The number of phenols is 1. The highest BCUT2D eigenvalue weighted by Crippen LogP contribution is 2.32. The van der Waals surface area contributed by atoms with E-state index in [1.165, 1.54) is 11.3 Å². The van der Waals surface area contributed by atoms with Gasteiger partial charge in [0.05, 0.1) is 23.4 Å². The molecule has 2 N–H and O–H groups in total. The number of carbonyl (C=O) groups excluding carboxylic acids is 1. The van der Waals surface area contributed by atoms with Gasteiger partial charge in [0.2, 0.25) is 0 Å². The van der Waals surface area contributed by atoms with Crippen LogP contribution in [-0.4, -0.2) is 71.3 Å². The Kier molecular flexibility index (Phi) is 5.03. The number of ether oxygens (including phenoxy) is 1. The molecule has 3 aromatic rings. The predicted molar refractivity (Wildman–Crippen MR) is 118 cm³/mol. The Bertz CT molecular complexity index is 1130. The van der Waals surface area contributed by atoms with Crippen molar-refractivity contribution in [1.82, 2.24) is 20.0 Å². The molecule has 0 saturated carbocycles. The normalized spacial score (nSPS) is 16.8. The first kappa shape index (κ1) is 19.8. The van der Waals surface area contributed by atoms with Gasteiger partial charge in [0.15, 0.2) is 0 Å². The maximum Gasteiger partial charge on any atom is 0.258 e. The van der Waals surface area contributed by atoms with Crippen LogP contribution in [0.2, 0.25) is 0 Å². The molecular formula is C23H27N5O3. The standard InChI is InChI=1S/C23H27N5O3/c1-26-5-7-27(8-6-26)17-4-3-15-12-28(13-16(15)9-17)23(30)19-10-18-20(11-22(19)29)24-25-21(18)14-31-2/h3-4,9-11,29H,5-8,12-14H2,1-2H3,(H,24,25). The molecule has 2 aromatic carbocycles. The second-order valence-corrected chi connectivity index (χ2v) is 8.42. The quantitative estimate of drug-likeness (QED) is 0.673.